The fraction of sp³-hybridized carbons (Fsp3) is 0.333. The molecule has 0 aliphatic heterocycles. The van der Waals surface area contributed by atoms with Gasteiger partial charge in [0.15, 0.2) is 0 Å². The van der Waals surface area contributed by atoms with Crippen LogP contribution >= 0.6 is 0 Å². The maximum Gasteiger partial charge on any atom is 0.253 e. The quantitative estimate of drug-likeness (QED) is 0.799. The first kappa shape index (κ1) is 19.5. The van der Waals surface area contributed by atoms with Gasteiger partial charge in [0.1, 0.15) is 5.75 Å². The number of carbonyl (C=O) groups excluding carboxylic acids is 2. The Morgan fingerprint density at radius 3 is 2.50 bits per heavy atom. The third kappa shape index (κ3) is 5.34. The molecule has 0 unspecified atom stereocenters. The van der Waals surface area contributed by atoms with Crippen LogP contribution in [0.1, 0.15) is 35.3 Å². The molecule has 0 aliphatic carbocycles. The summed E-state index contributed by atoms with van der Waals surface area (Å²) in [6, 6.07) is 12.7. The molecule has 2 aromatic carbocycles. The molecule has 5 nitrogen and oxygen atoms in total. The van der Waals surface area contributed by atoms with Gasteiger partial charge in [-0.3, -0.25) is 9.59 Å². The van der Waals surface area contributed by atoms with Crippen molar-refractivity contribution in [3.63, 3.8) is 0 Å². The number of amides is 2. The van der Waals surface area contributed by atoms with E-state index >= 15 is 0 Å². The third-order valence-corrected chi connectivity index (χ3v) is 3.94. The van der Waals surface area contributed by atoms with Gasteiger partial charge in [-0.25, -0.2) is 0 Å². The Kier molecular flexibility index (Phi) is 6.78. The van der Waals surface area contributed by atoms with Crippen molar-refractivity contribution in [1.82, 2.24) is 5.32 Å². The van der Waals surface area contributed by atoms with E-state index in [4.69, 9.17) is 4.74 Å². The number of para-hydroxylation sites is 1. The lowest BCUT2D eigenvalue weighted by Gasteiger charge is -2.13. The number of hydrogen-bond acceptors (Lipinski definition) is 3. The molecule has 2 rings (SSSR count). The average molecular weight is 354 g/mol. The van der Waals surface area contributed by atoms with Crippen LogP contribution in [0.25, 0.3) is 0 Å². The van der Waals surface area contributed by atoms with Crippen molar-refractivity contribution in [3.05, 3.63) is 59.2 Å². The number of rotatable bonds is 7. The monoisotopic (exact) mass is 354 g/mol. The molecule has 0 saturated heterocycles. The molecule has 0 radical (unpaired) electrons. The molecule has 0 saturated carbocycles. The Balaban J connectivity index is 2.07. The van der Waals surface area contributed by atoms with Crippen molar-refractivity contribution in [3.8, 4) is 5.75 Å². The molecule has 0 fully saturated rings. The van der Waals surface area contributed by atoms with Gasteiger partial charge in [0, 0.05) is 6.54 Å². The molecule has 26 heavy (non-hydrogen) atoms. The lowest BCUT2D eigenvalue weighted by molar-refractivity contribution is -0.115. The van der Waals surface area contributed by atoms with Crippen LogP contribution in [-0.2, 0) is 11.2 Å². The molecule has 2 aromatic rings. The molecule has 138 valence electrons. The molecular formula is C21H26N2O3. The highest BCUT2D eigenvalue weighted by Gasteiger charge is 2.14. The molecule has 2 amide bonds. The van der Waals surface area contributed by atoms with Gasteiger partial charge in [-0.05, 0) is 42.2 Å². The van der Waals surface area contributed by atoms with Gasteiger partial charge >= 0.3 is 0 Å². The van der Waals surface area contributed by atoms with E-state index in [1.807, 2.05) is 39.0 Å². The molecule has 0 bridgehead atoms. The van der Waals surface area contributed by atoms with Crippen LogP contribution in [0.4, 0.5) is 5.69 Å². The summed E-state index contributed by atoms with van der Waals surface area (Å²) in [7, 11) is 1.62. The van der Waals surface area contributed by atoms with Crippen molar-refractivity contribution in [2.75, 3.05) is 19.0 Å². The van der Waals surface area contributed by atoms with E-state index in [1.165, 1.54) is 0 Å². The van der Waals surface area contributed by atoms with Gasteiger partial charge in [0.2, 0.25) is 5.91 Å². The van der Waals surface area contributed by atoms with Gasteiger partial charge in [-0.1, -0.05) is 38.1 Å². The Bertz CT molecular complexity index is 785. The zero-order chi connectivity index (χ0) is 19.1. The third-order valence-electron chi connectivity index (χ3n) is 3.94. The number of anilines is 1. The topological polar surface area (TPSA) is 67.4 Å². The summed E-state index contributed by atoms with van der Waals surface area (Å²) in [5.74, 6) is 0.800. The first-order valence-electron chi connectivity index (χ1n) is 8.71. The first-order valence-corrected chi connectivity index (χ1v) is 8.71. The zero-order valence-corrected chi connectivity index (χ0v) is 15.8. The smallest absolute Gasteiger partial charge is 0.253 e. The minimum atomic E-state index is -0.185. The van der Waals surface area contributed by atoms with Crippen LogP contribution in [0.15, 0.2) is 42.5 Å². The van der Waals surface area contributed by atoms with Crippen molar-refractivity contribution >= 4 is 17.5 Å². The van der Waals surface area contributed by atoms with E-state index in [-0.39, 0.29) is 18.2 Å². The van der Waals surface area contributed by atoms with Gasteiger partial charge in [-0.2, -0.15) is 0 Å². The van der Waals surface area contributed by atoms with Crippen LogP contribution in [0.5, 0.6) is 5.75 Å². The number of aryl methyl sites for hydroxylation is 1. The summed E-state index contributed by atoms with van der Waals surface area (Å²) in [5, 5.41) is 5.72. The van der Waals surface area contributed by atoms with Crippen molar-refractivity contribution in [2.24, 2.45) is 5.92 Å². The minimum Gasteiger partial charge on any atom is -0.496 e. The SMILES string of the molecule is COc1ccc(CC(=O)Nc2ccccc2C(=O)NCC(C)C)cc1C. The Labute approximate surface area is 154 Å². The van der Waals surface area contributed by atoms with Crippen LogP contribution in [0.3, 0.4) is 0 Å². The van der Waals surface area contributed by atoms with Crippen molar-refractivity contribution in [1.29, 1.82) is 0 Å². The second-order valence-corrected chi connectivity index (χ2v) is 6.68. The van der Waals surface area contributed by atoms with Crippen LogP contribution in [0, 0.1) is 12.8 Å². The zero-order valence-electron chi connectivity index (χ0n) is 15.8. The predicted molar refractivity (Wildman–Crippen MR) is 104 cm³/mol. The highest BCUT2D eigenvalue weighted by atomic mass is 16.5. The maximum atomic E-state index is 12.4. The van der Waals surface area contributed by atoms with E-state index in [0.29, 0.717) is 23.7 Å². The Morgan fingerprint density at radius 2 is 1.85 bits per heavy atom. The van der Waals surface area contributed by atoms with Crippen molar-refractivity contribution < 1.29 is 14.3 Å². The minimum absolute atomic E-state index is 0.168. The lowest BCUT2D eigenvalue weighted by atomic mass is 10.1. The lowest BCUT2D eigenvalue weighted by Crippen LogP contribution is -2.28. The average Bonchev–Trinajstić information content (AvgIpc) is 2.60. The number of benzene rings is 2. The van der Waals surface area contributed by atoms with E-state index in [0.717, 1.165) is 16.9 Å². The molecule has 5 heteroatoms. The van der Waals surface area contributed by atoms with E-state index in [2.05, 4.69) is 10.6 Å². The summed E-state index contributed by atoms with van der Waals surface area (Å²) >= 11 is 0. The summed E-state index contributed by atoms with van der Waals surface area (Å²) in [5.41, 5.74) is 2.85. The molecule has 2 N–H and O–H groups in total. The number of carbonyl (C=O) groups is 2. The number of hydrogen-bond donors (Lipinski definition) is 2. The highest BCUT2D eigenvalue weighted by Crippen LogP contribution is 2.20. The number of ether oxygens (including phenoxy) is 1. The van der Waals surface area contributed by atoms with E-state index in [9.17, 15) is 9.59 Å². The molecule has 0 aliphatic rings. The van der Waals surface area contributed by atoms with Crippen LogP contribution in [-0.4, -0.2) is 25.5 Å². The summed E-state index contributed by atoms with van der Waals surface area (Å²) in [6.45, 7) is 6.59. The summed E-state index contributed by atoms with van der Waals surface area (Å²) < 4.78 is 5.24. The number of methoxy groups -OCH3 is 1. The molecule has 0 heterocycles. The second kappa shape index (κ2) is 9.04. The summed E-state index contributed by atoms with van der Waals surface area (Å²) in [6.07, 6.45) is 0.229. The summed E-state index contributed by atoms with van der Waals surface area (Å²) in [4.78, 5) is 24.8. The molecular weight excluding hydrogens is 328 g/mol. The fourth-order valence-electron chi connectivity index (χ4n) is 2.61. The van der Waals surface area contributed by atoms with Gasteiger partial charge in [-0.15, -0.1) is 0 Å². The van der Waals surface area contributed by atoms with Crippen LogP contribution < -0.4 is 15.4 Å². The van der Waals surface area contributed by atoms with E-state index in [1.54, 1.807) is 31.4 Å². The normalized spacial score (nSPS) is 10.5. The van der Waals surface area contributed by atoms with Gasteiger partial charge in [0.25, 0.3) is 5.91 Å². The van der Waals surface area contributed by atoms with E-state index < -0.39 is 0 Å². The Hall–Kier alpha value is -2.82. The van der Waals surface area contributed by atoms with Crippen molar-refractivity contribution in [2.45, 2.75) is 27.2 Å². The molecule has 0 atom stereocenters. The highest BCUT2D eigenvalue weighted by molar-refractivity contribution is 6.04. The predicted octanol–water partition coefficient (Wildman–Crippen LogP) is 3.57. The largest absolute Gasteiger partial charge is 0.496 e. The molecule has 0 aromatic heterocycles. The molecule has 0 spiro atoms. The van der Waals surface area contributed by atoms with Gasteiger partial charge < -0.3 is 15.4 Å². The number of nitrogens with one attached hydrogen (secondary N) is 2. The standard InChI is InChI=1S/C21H26N2O3/c1-14(2)13-22-21(25)17-7-5-6-8-18(17)23-20(24)12-16-9-10-19(26-4)15(3)11-16/h5-11,14H,12-13H2,1-4H3,(H,22,25)(H,23,24). The van der Waals surface area contributed by atoms with Gasteiger partial charge in [0.05, 0.1) is 24.8 Å². The second-order valence-electron chi connectivity index (χ2n) is 6.68. The maximum absolute atomic E-state index is 12.4. The Morgan fingerprint density at radius 1 is 1.12 bits per heavy atom. The fourth-order valence-corrected chi connectivity index (χ4v) is 2.61. The first-order chi connectivity index (χ1) is 12.4. The van der Waals surface area contributed by atoms with Crippen LogP contribution in [0.2, 0.25) is 0 Å².